The number of benzene rings is 1. The zero-order chi connectivity index (χ0) is 21.4. The second kappa shape index (κ2) is 10.6. The topological polar surface area (TPSA) is 97.7 Å². The number of amides is 1. The van der Waals surface area contributed by atoms with E-state index in [4.69, 9.17) is 9.47 Å². The number of carbonyl (C=O) groups is 2. The van der Waals surface area contributed by atoms with Gasteiger partial charge in [-0.15, -0.1) is 11.3 Å². The normalized spacial score (nSPS) is 10.8. The van der Waals surface area contributed by atoms with Gasteiger partial charge in [-0.25, -0.2) is 4.79 Å². The first-order chi connectivity index (χ1) is 13.9. The van der Waals surface area contributed by atoms with Crippen LogP contribution < -0.4 is 14.8 Å². The van der Waals surface area contributed by atoms with Gasteiger partial charge in [-0.3, -0.25) is 4.79 Å². The van der Waals surface area contributed by atoms with Gasteiger partial charge in [-0.1, -0.05) is 0 Å². The number of nitrogens with zero attached hydrogens (tertiary/aromatic N) is 1. The van der Waals surface area contributed by atoms with Crippen molar-refractivity contribution in [2.24, 2.45) is 0 Å². The van der Waals surface area contributed by atoms with Gasteiger partial charge in [0, 0.05) is 0 Å². The Morgan fingerprint density at radius 3 is 2.62 bits per heavy atom. The predicted molar refractivity (Wildman–Crippen MR) is 114 cm³/mol. The van der Waals surface area contributed by atoms with Crippen molar-refractivity contribution in [3.63, 3.8) is 0 Å². The molecule has 0 atom stereocenters. The monoisotopic (exact) mass is 478 g/mol. The largest absolute Gasteiger partial charge is 0.490 e. The summed E-state index contributed by atoms with van der Waals surface area (Å²) in [5.74, 6) is -0.154. The third-order valence-corrected chi connectivity index (χ3v) is 5.01. The van der Waals surface area contributed by atoms with E-state index in [1.54, 1.807) is 23.6 Å². The molecule has 1 N–H and O–H groups in total. The lowest BCUT2D eigenvalue weighted by Gasteiger charge is -2.13. The summed E-state index contributed by atoms with van der Waals surface area (Å²) in [6.45, 7) is 4.60. The molecule has 0 unspecified atom stereocenters. The molecule has 0 bridgehead atoms. The van der Waals surface area contributed by atoms with E-state index < -0.39 is 11.9 Å². The second-order valence-corrected chi connectivity index (χ2v) is 7.25. The maximum Gasteiger partial charge on any atom is 0.340 e. The molecule has 29 heavy (non-hydrogen) atoms. The van der Waals surface area contributed by atoms with Crippen molar-refractivity contribution in [3.05, 3.63) is 44.8 Å². The van der Waals surface area contributed by atoms with Crippen molar-refractivity contribution in [2.75, 3.05) is 25.6 Å². The van der Waals surface area contributed by atoms with Crippen LogP contribution in [0.25, 0.3) is 6.08 Å². The fourth-order valence-corrected chi connectivity index (χ4v) is 3.73. The summed E-state index contributed by atoms with van der Waals surface area (Å²) < 4.78 is 16.5. The third kappa shape index (κ3) is 5.59. The zero-order valence-corrected chi connectivity index (χ0v) is 18.5. The zero-order valence-electron chi connectivity index (χ0n) is 16.1. The van der Waals surface area contributed by atoms with Crippen molar-refractivity contribution in [1.82, 2.24) is 0 Å². The summed E-state index contributed by atoms with van der Waals surface area (Å²) in [5, 5.41) is 14.0. The maximum atomic E-state index is 12.6. The van der Waals surface area contributed by atoms with E-state index in [-0.39, 0.29) is 11.1 Å². The van der Waals surface area contributed by atoms with E-state index in [1.807, 2.05) is 19.9 Å². The average molecular weight is 479 g/mol. The highest BCUT2D eigenvalue weighted by Gasteiger charge is 2.18. The smallest absolute Gasteiger partial charge is 0.340 e. The Bertz CT molecular complexity index is 978. The number of methoxy groups -OCH3 is 1. The van der Waals surface area contributed by atoms with Crippen LogP contribution in [0, 0.1) is 11.3 Å². The summed E-state index contributed by atoms with van der Waals surface area (Å²) in [6, 6.07) is 6.84. The quantitative estimate of drug-likeness (QED) is 0.337. The highest BCUT2D eigenvalue weighted by Crippen LogP contribution is 2.37. The number of nitrogens with one attached hydrogen (secondary N) is 1. The lowest BCUT2D eigenvalue weighted by Crippen LogP contribution is -2.15. The molecule has 1 aromatic carbocycles. The Labute approximate surface area is 181 Å². The molecule has 9 heteroatoms. The minimum Gasteiger partial charge on any atom is -0.490 e. The van der Waals surface area contributed by atoms with Crippen molar-refractivity contribution < 1.29 is 23.8 Å². The Kier molecular flexibility index (Phi) is 8.24. The van der Waals surface area contributed by atoms with E-state index >= 15 is 0 Å². The van der Waals surface area contributed by atoms with Crippen molar-refractivity contribution in [3.8, 4) is 17.6 Å². The van der Waals surface area contributed by atoms with Crippen molar-refractivity contribution in [1.29, 1.82) is 5.26 Å². The minimum absolute atomic E-state index is 0.132. The lowest BCUT2D eigenvalue weighted by atomic mass is 10.1. The van der Waals surface area contributed by atoms with Crippen LogP contribution in [0.3, 0.4) is 0 Å². The standard InChI is InChI=1S/C20H19BrN2O5S/c1-4-27-16-10-12(9-15(21)17(16)28-5-2)8-13(11-22)18(24)23-19-14(6-7-29-19)20(25)26-3/h6-10H,4-5H2,1-3H3,(H,23,24). The summed E-state index contributed by atoms with van der Waals surface area (Å²) >= 11 is 4.59. The highest BCUT2D eigenvalue weighted by atomic mass is 79.9. The fourth-order valence-electron chi connectivity index (χ4n) is 2.38. The van der Waals surface area contributed by atoms with Gasteiger partial charge in [0.2, 0.25) is 0 Å². The number of ether oxygens (including phenoxy) is 3. The van der Waals surface area contributed by atoms with Crippen LogP contribution in [0.2, 0.25) is 0 Å². The van der Waals surface area contributed by atoms with E-state index in [9.17, 15) is 14.9 Å². The Morgan fingerprint density at radius 2 is 2.00 bits per heavy atom. The maximum absolute atomic E-state index is 12.6. The molecule has 1 heterocycles. The molecule has 7 nitrogen and oxygen atoms in total. The number of esters is 1. The molecule has 1 aromatic heterocycles. The SMILES string of the molecule is CCOc1cc(C=C(C#N)C(=O)Nc2sccc2C(=O)OC)cc(Br)c1OCC. The first-order valence-corrected chi connectivity index (χ1v) is 10.3. The minimum atomic E-state index is -0.636. The molecule has 2 rings (SSSR count). The number of anilines is 1. The number of thiophene rings is 1. The van der Waals surface area contributed by atoms with Crippen molar-refractivity contribution >= 4 is 50.2 Å². The Morgan fingerprint density at radius 1 is 1.28 bits per heavy atom. The van der Waals surface area contributed by atoms with Crippen LogP contribution in [0.4, 0.5) is 5.00 Å². The van der Waals surface area contributed by atoms with E-state index in [1.165, 1.54) is 13.2 Å². The number of hydrogen-bond donors (Lipinski definition) is 1. The number of halogens is 1. The van der Waals surface area contributed by atoms with Crippen LogP contribution in [0.1, 0.15) is 29.8 Å². The van der Waals surface area contributed by atoms with Gasteiger partial charge in [0.05, 0.1) is 30.4 Å². The number of nitriles is 1. The van der Waals surface area contributed by atoms with Gasteiger partial charge >= 0.3 is 5.97 Å². The first-order valence-electron chi connectivity index (χ1n) is 8.63. The lowest BCUT2D eigenvalue weighted by molar-refractivity contribution is -0.112. The molecule has 0 fully saturated rings. The molecule has 0 saturated heterocycles. The molecule has 2 aromatic rings. The molecule has 0 radical (unpaired) electrons. The van der Waals surface area contributed by atoms with Crippen LogP contribution in [0.5, 0.6) is 11.5 Å². The molecule has 0 aliphatic heterocycles. The van der Waals surface area contributed by atoms with Gasteiger partial charge < -0.3 is 19.5 Å². The van der Waals surface area contributed by atoms with Crippen LogP contribution in [0.15, 0.2) is 33.6 Å². The molecule has 0 aliphatic carbocycles. The van der Waals surface area contributed by atoms with E-state index in [2.05, 4.69) is 26.0 Å². The first kappa shape index (κ1) is 22.5. The third-order valence-electron chi connectivity index (χ3n) is 3.59. The van der Waals surface area contributed by atoms with Gasteiger partial charge in [-0.2, -0.15) is 5.26 Å². The average Bonchev–Trinajstić information content (AvgIpc) is 3.16. The van der Waals surface area contributed by atoms with Gasteiger partial charge in [0.15, 0.2) is 11.5 Å². The molecule has 1 amide bonds. The molecule has 0 saturated carbocycles. The molecule has 0 spiro atoms. The number of hydrogen-bond acceptors (Lipinski definition) is 7. The Balaban J connectivity index is 2.34. The fraction of sp³-hybridized carbons (Fsp3) is 0.250. The van der Waals surface area contributed by atoms with Crippen LogP contribution in [-0.2, 0) is 9.53 Å². The number of carbonyl (C=O) groups excluding carboxylic acids is 2. The summed E-state index contributed by atoms with van der Waals surface area (Å²) in [4.78, 5) is 24.3. The van der Waals surface area contributed by atoms with Gasteiger partial charge in [0.1, 0.15) is 16.6 Å². The second-order valence-electron chi connectivity index (χ2n) is 5.47. The Hall–Kier alpha value is -2.83. The predicted octanol–water partition coefficient (Wildman–Crippen LogP) is 4.64. The van der Waals surface area contributed by atoms with Crippen molar-refractivity contribution in [2.45, 2.75) is 13.8 Å². The van der Waals surface area contributed by atoms with E-state index in [0.717, 1.165) is 11.3 Å². The van der Waals surface area contributed by atoms with E-state index in [0.29, 0.717) is 39.8 Å². The number of rotatable bonds is 8. The van der Waals surface area contributed by atoms with Crippen LogP contribution >= 0.6 is 27.3 Å². The van der Waals surface area contributed by atoms with Crippen LogP contribution in [-0.4, -0.2) is 32.2 Å². The van der Waals surface area contributed by atoms with Gasteiger partial charge in [0.25, 0.3) is 5.91 Å². The molecular weight excluding hydrogens is 460 g/mol. The summed E-state index contributed by atoms with van der Waals surface area (Å²) in [6.07, 6.45) is 1.43. The summed E-state index contributed by atoms with van der Waals surface area (Å²) in [7, 11) is 1.26. The van der Waals surface area contributed by atoms with Gasteiger partial charge in [-0.05, 0) is 65.0 Å². The summed E-state index contributed by atoms with van der Waals surface area (Å²) in [5.41, 5.74) is 0.674. The molecule has 0 aliphatic rings. The molecule has 152 valence electrons. The molecular formula is C20H19BrN2O5S. The highest BCUT2D eigenvalue weighted by molar-refractivity contribution is 9.10.